The lowest BCUT2D eigenvalue weighted by atomic mass is 10.2. The molecule has 3 rings (SSSR count). The molecule has 32 heavy (non-hydrogen) atoms. The summed E-state index contributed by atoms with van der Waals surface area (Å²) < 4.78 is 32.9. The third-order valence-corrected chi connectivity index (χ3v) is 6.93. The number of hydrogen-bond donors (Lipinski definition) is 1. The van der Waals surface area contributed by atoms with E-state index in [2.05, 4.69) is 5.32 Å². The highest BCUT2D eigenvalue weighted by molar-refractivity contribution is 7.91. The highest BCUT2D eigenvalue weighted by Crippen LogP contribution is 2.22. The second kappa shape index (κ2) is 9.40. The molecule has 1 heterocycles. The molecule has 0 saturated carbocycles. The number of amides is 1. The predicted molar refractivity (Wildman–Crippen MR) is 123 cm³/mol. The number of aryl methyl sites for hydroxylation is 3. The van der Waals surface area contributed by atoms with Gasteiger partial charge in [-0.3, -0.25) is 9.59 Å². The van der Waals surface area contributed by atoms with E-state index in [1.54, 1.807) is 56.3 Å². The molecule has 0 radical (unpaired) electrons. The summed E-state index contributed by atoms with van der Waals surface area (Å²) in [6.45, 7) is 7.21. The average Bonchev–Trinajstić information content (AvgIpc) is 2.73. The molecule has 0 fully saturated rings. The minimum atomic E-state index is -4.04. The number of nitrogens with zero attached hydrogens (tertiary/aromatic N) is 1. The van der Waals surface area contributed by atoms with Crippen LogP contribution in [0.1, 0.15) is 23.7 Å². The minimum absolute atomic E-state index is 0.0394. The molecule has 1 amide bonds. The standard InChI is InChI=1S/C24H26N2O5S/c1-5-31-20-10-8-19(9-11-20)25-22(27)15-26-18(4)14-17(3)23(24(26)28)32(29,30)21-12-6-16(2)7-13-21/h6-14H,5,15H2,1-4H3,(H,25,27). The van der Waals surface area contributed by atoms with E-state index in [-0.39, 0.29) is 16.3 Å². The summed E-state index contributed by atoms with van der Waals surface area (Å²) in [5.74, 6) is 0.240. The van der Waals surface area contributed by atoms with Crippen molar-refractivity contribution in [3.05, 3.63) is 81.8 Å². The summed E-state index contributed by atoms with van der Waals surface area (Å²) in [4.78, 5) is 25.5. The number of aromatic nitrogens is 1. The van der Waals surface area contributed by atoms with E-state index in [4.69, 9.17) is 4.74 Å². The number of hydrogen-bond acceptors (Lipinski definition) is 5. The van der Waals surface area contributed by atoms with Crippen molar-refractivity contribution in [2.24, 2.45) is 0 Å². The molecule has 0 saturated heterocycles. The molecule has 0 unspecified atom stereocenters. The Balaban J connectivity index is 1.92. The van der Waals surface area contributed by atoms with E-state index in [0.717, 1.165) is 5.56 Å². The highest BCUT2D eigenvalue weighted by atomic mass is 32.2. The maximum Gasteiger partial charge on any atom is 0.270 e. The molecule has 0 atom stereocenters. The monoisotopic (exact) mass is 454 g/mol. The van der Waals surface area contributed by atoms with E-state index >= 15 is 0 Å². The first-order valence-electron chi connectivity index (χ1n) is 10.2. The van der Waals surface area contributed by atoms with Gasteiger partial charge in [0.15, 0.2) is 0 Å². The molecule has 0 aliphatic rings. The second-order valence-electron chi connectivity index (χ2n) is 7.51. The molecule has 168 valence electrons. The first kappa shape index (κ1) is 23.3. The Bertz CT molecular complexity index is 1290. The first-order chi connectivity index (χ1) is 15.1. The molecule has 1 aromatic heterocycles. The molecule has 0 bridgehead atoms. The number of sulfone groups is 1. The van der Waals surface area contributed by atoms with Crippen molar-refractivity contribution in [2.75, 3.05) is 11.9 Å². The van der Waals surface area contributed by atoms with E-state index in [1.807, 2.05) is 13.8 Å². The van der Waals surface area contributed by atoms with Crippen molar-refractivity contribution in [3.8, 4) is 5.75 Å². The van der Waals surface area contributed by atoms with Gasteiger partial charge in [-0.25, -0.2) is 8.42 Å². The van der Waals surface area contributed by atoms with Crippen molar-refractivity contribution in [1.29, 1.82) is 0 Å². The van der Waals surface area contributed by atoms with Crippen molar-refractivity contribution in [1.82, 2.24) is 4.57 Å². The molecular formula is C24H26N2O5S. The largest absolute Gasteiger partial charge is 0.494 e. The number of carbonyl (C=O) groups excluding carboxylic acids is 1. The zero-order valence-corrected chi connectivity index (χ0v) is 19.3. The van der Waals surface area contributed by atoms with Crippen molar-refractivity contribution >= 4 is 21.4 Å². The molecular weight excluding hydrogens is 428 g/mol. The van der Waals surface area contributed by atoms with Crippen LogP contribution in [0.2, 0.25) is 0 Å². The number of rotatable bonds is 7. The lowest BCUT2D eigenvalue weighted by molar-refractivity contribution is -0.116. The Labute approximate surface area is 187 Å². The molecule has 8 heteroatoms. The number of carbonyl (C=O) groups is 1. The lowest BCUT2D eigenvalue weighted by Gasteiger charge is -2.15. The van der Waals surface area contributed by atoms with Gasteiger partial charge < -0.3 is 14.6 Å². The Morgan fingerprint density at radius 1 is 1.00 bits per heavy atom. The molecule has 0 aliphatic carbocycles. The van der Waals surface area contributed by atoms with Gasteiger partial charge in [0.25, 0.3) is 5.56 Å². The highest BCUT2D eigenvalue weighted by Gasteiger charge is 2.26. The predicted octanol–water partition coefficient (Wildman–Crippen LogP) is 3.64. The summed E-state index contributed by atoms with van der Waals surface area (Å²) in [5.41, 5.74) is 1.58. The number of anilines is 1. The van der Waals surface area contributed by atoms with E-state index in [9.17, 15) is 18.0 Å². The summed E-state index contributed by atoms with van der Waals surface area (Å²) in [6, 6.07) is 14.8. The van der Waals surface area contributed by atoms with Gasteiger partial charge in [0.1, 0.15) is 17.2 Å². The van der Waals surface area contributed by atoms with Crippen LogP contribution in [-0.4, -0.2) is 25.5 Å². The van der Waals surface area contributed by atoms with Gasteiger partial charge in [-0.05, 0) is 75.7 Å². The summed E-state index contributed by atoms with van der Waals surface area (Å²) in [7, 11) is -4.04. The van der Waals surface area contributed by atoms with Gasteiger partial charge in [-0.15, -0.1) is 0 Å². The van der Waals surface area contributed by atoms with Crippen molar-refractivity contribution < 1.29 is 17.9 Å². The fourth-order valence-electron chi connectivity index (χ4n) is 3.41. The summed E-state index contributed by atoms with van der Waals surface area (Å²) in [5, 5.41) is 2.72. The van der Waals surface area contributed by atoms with Crippen LogP contribution < -0.4 is 15.6 Å². The third kappa shape index (κ3) is 4.91. The molecule has 1 N–H and O–H groups in total. The molecule has 0 spiro atoms. The van der Waals surface area contributed by atoms with Gasteiger partial charge in [0.2, 0.25) is 15.7 Å². The van der Waals surface area contributed by atoms with E-state index in [1.165, 1.54) is 16.7 Å². The summed E-state index contributed by atoms with van der Waals surface area (Å²) in [6.07, 6.45) is 0. The maximum atomic E-state index is 13.2. The molecule has 7 nitrogen and oxygen atoms in total. The van der Waals surface area contributed by atoms with Gasteiger partial charge >= 0.3 is 0 Å². The topological polar surface area (TPSA) is 94.5 Å². The van der Waals surface area contributed by atoms with Gasteiger partial charge in [0, 0.05) is 11.4 Å². The van der Waals surface area contributed by atoms with E-state index in [0.29, 0.717) is 29.3 Å². The van der Waals surface area contributed by atoms with Crippen molar-refractivity contribution in [2.45, 2.75) is 44.0 Å². The number of benzene rings is 2. The van der Waals surface area contributed by atoms with Crippen molar-refractivity contribution in [3.63, 3.8) is 0 Å². The summed E-state index contributed by atoms with van der Waals surface area (Å²) >= 11 is 0. The van der Waals surface area contributed by atoms with Crippen LogP contribution >= 0.6 is 0 Å². The van der Waals surface area contributed by atoms with Crippen LogP contribution in [-0.2, 0) is 21.2 Å². The normalized spacial score (nSPS) is 11.2. The fourth-order valence-corrected chi connectivity index (χ4v) is 4.97. The molecule has 2 aromatic carbocycles. The fraction of sp³-hybridized carbons (Fsp3) is 0.250. The Morgan fingerprint density at radius 3 is 2.22 bits per heavy atom. The smallest absolute Gasteiger partial charge is 0.270 e. The number of pyridine rings is 1. The zero-order chi connectivity index (χ0) is 23.5. The lowest BCUT2D eigenvalue weighted by Crippen LogP contribution is -2.33. The van der Waals surface area contributed by atoms with Gasteiger partial charge in [-0.2, -0.15) is 0 Å². The minimum Gasteiger partial charge on any atom is -0.494 e. The maximum absolute atomic E-state index is 13.2. The Kier molecular flexibility index (Phi) is 6.84. The third-order valence-electron chi connectivity index (χ3n) is 5.00. The quantitative estimate of drug-likeness (QED) is 0.588. The van der Waals surface area contributed by atoms with Crippen LogP contribution in [0.5, 0.6) is 5.75 Å². The first-order valence-corrected chi connectivity index (χ1v) is 11.7. The van der Waals surface area contributed by atoms with Crippen LogP contribution in [0.4, 0.5) is 5.69 Å². The number of nitrogens with one attached hydrogen (secondary N) is 1. The average molecular weight is 455 g/mol. The van der Waals surface area contributed by atoms with Gasteiger partial charge in [-0.1, -0.05) is 17.7 Å². The van der Waals surface area contributed by atoms with Crippen LogP contribution in [0.25, 0.3) is 0 Å². The second-order valence-corrected chi connectivity index (χ2v) is 9.40. The van der Waals surface area contributed by atoms with Crippen LogP contribution in [0.3, 0.4) is 0 Å². The Morgan fingerprint density at radius 2 is 1.62 bits per heavy atom. The molecule has 3 aromatic rings. The zero-order valence-electron chi connectivity index (χ0n) is 18.5. The number of ether oxygens (including phenoxy) is 1. The van der Waals surface area contributed by atoms with Gasteiger partial charge in [0.05, 0.1) is 11.5 Å². The van der Waals surface area contributed by atoms with Crippen LogP contribution in [0.15, 0.2) is 69.2 Å². The van der Waals surface area contributed by atoms with E-state index < -0.39 is 21.3 Å². The SMILES string of the molecule is CCOc1ccc(NC(=O)Cn2c(C)cc(C)c(S(=O)(=O)c3ccc(C)cc3)c2=O)cc1. The molecule has 0 aliphatic heterocycles. The van der Waals surface area contributed by atoms with Crippen LogP contribution in [0, 0.1) is 20.8 Å². The Hall–Kier alpha value is -3.39.